The molecule has 2 saturated carbocycles. The van der Waals surface area contributed by atoms with Crippen LogP contribution in [-0.4, -0.2) is 38.5 Å². The molecule has 0 heterocycles. The summed E-state index contributed by atoms with van der Waals surface area (Å²) in [5.41, 5.74) is 0.489. The van der Waals surface area contributed by atoms with Crippen molar-refractivity contribution < 1.29 is 13.2 Å². The fourth-order valence-electron chi connectivity index (χ4n) is 2.52. The van der Waals surface area contributed by atoms with E-state index >= 15 is 0 Å². The number of benzene rings is 1. The van der Waals surface area contributed by atoms with Gasteiger partial charge in [0.2, 0.25) is 10.0 Å². The van der Waals surface area contributed by atoms with Gasteiger partial charge in [-0.25, -0.2) is 17.9 Å². The number of rotatable bonds is 6. The Kier molecular flexibility index (Phi) is 4.33. The first-order valence-electron chi connectivity index (χ1n) is 8.03. The molecule has 1 atom stereocenters. The van der Waals surface area contributed by atoms with Crippen molar-refractivity contribution in [2.75, 3.05) is 12.4 Å². The number of sulfonamides is 1. The maximum absolute atomic E-state index is 12.3. The van der Waals surface area contributed by atoms with Crippen LogP contribution in [0.4, 0.5) is 10.5 Å². The van der Waals surface area contributed by atoms with E-state index in [0.29, 0.717) is 11.6 Å². The first kappa shape index (κ1) is 16.3. The number of hydrogen-bond donors (Lipinski definition) is 2. The van der Waals surface area contributed by atoms with Gasteiger partial charge >= 0.3 is 6.03 Å². The molecule has 2 fully saturated rings. The van der Waals surface area contributed by atoms with Crippen LogP contribution in [0.5, 0.6) is 0 Å². The lowest BCUT2D eigenvalue weighted by atomic mass is 10.2. The van der Waals surface area contributed by atoms with Gasteiger partial charge < -0.3 is 10.2 Å². The van der Waals surface area contributed by atoms with Crippen molar-refractivity contribution in [2.45, 2.75) is 49.6 Å². The molecule has 23 heavy (non-hydrogen) atoms. The summed E-state index contributed by atoms with van der Waals surface area (Å²) in [5.74, 6) is 0.584. The average Bonchev–Trinajstić information content (AvgIpc) is 3.39. The second-order valence-corrected chi connectivity index (χ2v) is 8.26. The molecule has 0 aromatic heterocycles. The third-order valence-electron chi connectivity index (χ3n) is 4.53. The van der Waals surface area contributed by atoms with Crippen LogP contribution in [-0.2, 0) is 10.0 Å². The highest BCUT2D eigenvalue weighted by molar-refractivity contribution is 7.89. The molecule has 126 valence electrons. The van der Waals surface area contributed by atoms with Crippen LogP contribution < -0.4 is 10.0 Å². The highest BCUT2D eigenvalue weighted by atomic mass is 32.2. The number of anilines is 1. The smallest absolute Gasteiger partial charge is 0.321 e. The molecular formula is C16H23N3O3S. The van der Waals surface area contributed by atoms with Crippen molar-refractivity contribution in [2.24, 2.45) is 5.92 Å². The van der Waals surface area contributed by atoms with E-state index in [4.69, 9.17) is 0 Å². The summed E-state index contributed by atoms with van der Waals surface area (Å²) in [6.07, 6.45) is 4.11. The van der Waals surface area contributed by atoms with Gasteiger partial charge in [-0.3, -0.25) is 0 Å². The third-order valence-corrected chi connectivity index (χ3v) is 6.05. The number of carbonyl (C=O) groups excluding carboxylic acids is 1. The normalized spacial score (nSPS) is 19.2. The van der Waals surface area contributed by atoms with Crippen LogP contribution in [0.2, 0.25) is 0 Å². The lowest BCUT2D eigenvalue weighted by Crippen LogP contribution is -2.39. The summed E-state index contributed by atoms with van der Waals surface area (Å²) in [7, 11) is -1.74. The molecule has 2 aliphatic rings. The minimum Gasteiger partial charge on any atom is -0.325 e. The van der Waals surface area contributed by atoms with Gasteiger partial charge in [-0.1, -0.05) is 6.07 Å². The Balaban J connectivity index is 1.68. The van der Waals surface area contributed by atoms with Crippen LogP contribution >= 0.6 is 0 Å². The molecule has 0 bridgehead atoms. The zero-order valence-electron chi connectivity index (χ0n) is 13.5. The molecule has 1 aromatic carbocycles. The standard InChI is InChI=1S/C16H23N3O3S/c1-11(12-6-7-12)19(2)16(20)17-14-4-3-5-15(10-14)23(21,22)18-13-8-9-13/h3-5,10-13,18H,6-9H2,1-2H3,(H,17,20)/t11-/m0/s1. The maximum atomic E-state index is 12.3. The van der Waals surface area contributed by atoms with Gasteiger partial charge in [-0.05, 0) is 56.7 Å². The van der Waals surface area contributed by atoms with Crippen LogP contribution in [0.15, 0.2) is 29.2 Å². The molecule has 0 unspecified atom stereocenters. The van der Waals surface area contributed by atoms with E-state index < -0.39 is 10.0 Å². The highest BCUT2D eigenvalue weighted by Crippen LogP contribution is 2.34. The molecule has 0 aliphatic heterocycles. The molecule has 3 rings (SSSR count). The predicted molar refractivity (Wildman–Crippen MR) is 88.8 cm³/mol. The number of amides is 2. The Morgan fingerprint density at radius 3 is 2.57 bits per heavy atom. The molecule has 0 radical (unpaired) electrons. The monoisotopic (exact) mass is 337 g/mol. The lowest BCUT2D eigenvalue weighted by molar-refractivity contribution is 0.201. The minimum atomic E-state index is -3.51. The van der Waals surface area contributed by atoms with Crippen molar-refractivity contribution in [3.8, 4) is 0 Å². The zero-order valence-corrected chi connectivity index (χ0v) is 14.3. The van der Waals surface area contributed by atoms with Crippen molar-refractivity contribution in [1.82, 2.24) is 9.62 Å². The predicted octanol–water partition coefficient (Wildman–Crippen LogP) is 2.39. The largest absolute Gasteiger partial charge is 0.325 e. The van der Waals surface area contributed by atoms with E-state index in [9.17, 15) is 13.2 Å². The Labute approximate surface area is 137 Å². The summed E-state index contributed by atoms with van der Waals surface area (Å²) >= 11 is 0. The van der Waals surface area contributed by atoms with Gasteiger partial charge in [0.15, 0.2) is 0 Å². The average molecular weight is 337 g/mol. The number of carbonyl (C=O) groups is 1. The van der Waals surface area contributed by atoms with E-state index in [1.165, 1.54) is 25.0 Å². The number of hydrogen-bond acceptors (Lipinski definition) is 3. The minimum absolute atomic E-state index is 0.0590. The molecular weight excluding hydrogens is 314 g/mol. The van der Waals surface area contributed by atoms with Gasteiger partial charge in [0, 0.05) is 24.8 Å². The van der Waals surface area contributed by atoms with E-state index in [-0.39, 0.29) is 23.0 Å². The fourth-order valence-corrected chi connectivity index (χ4v) is 3.87. The highest BCUT2D eigenvalue weighted by Gasteiger charge is 2.32. The summed E-state index contributed by atoms with van der Waals surface area (Å²) in [6, 6.07) is 6.41. The van der Waals surface area contributed by atoms with Crippen molar-refractivity contribution >= 4 is 21.7 Å². The SMILES string of the molecule is C[C@@H](C1CC1)N(C)C(=O)Nc1cccc(S(=O)(=O)NC2CC2)c1. The third kappa shape index (κ3) is 4.03. The molecule has 2 amide bonds. The summed E-state index contributed by atoms with van der Waals surface area (Å²) < 4.78 is 27.1. The summed E-state index contributed by atoms with van der Waals surface area (Å²) in [4.78, 5) is 14.1. The lowest BCUT2D eigenvalue weighted by Gasteiger charge is -2.25. The van der Waals surface area contributed by atoms with Gasteiger partial charge in [-0.2, -0.15) is 0 Å². The van der Waals surface area contributed by atoms with Gasteiger partial charge in [0.05, 0.1) is 4.90 Å². The Morgan fingerprint density at radius 2 is 1.96 bits per heavy atom. The molecule has 1 aromatic rings. The first-order valence-corrected chi connectivity index (χ1v) is 9.51. The van der Waals surface area contributed by atoms with Crippen LogP contribution in [0.25, 0.3) is 0 Å². The second-order valence-electron chi connectivity index (χ2n) is 6.54. The molecule has 6 nitrogen and oxygen atoms in total. The van der Waals surface area contributed by atoms with Crippen LogP contribution in [0, 0.1) is 5.92 Å². The Morgan fingerprint density at radius 1 is 1.26 bits per heavy atom. The topological polar surface area (TPSA) is 78.5 Å². The molecule has 0 saturated heterocycles. The quantitative estimate of drug-likeness (QED) is 0.836. The van der Waals surface area contributed by atoms with E-state index in [1.54, 1.807) is 24.1 Å². The van der Waals surface area contributed by atoms with Gasteiger partial charge in [-0.15, -0.1) is 0 Å². The Bertz CT molecular complexity index is 696. The Hall–Kier alpha value is -1.60. The fraction of sp³-hybridized carbons (Fsp3) is 0.562. The van der Waals surface area contributed by atoms with Crippen LogP contribution in [0.1, 0.15) is 32.6 Å². The van der Waals surface area contributed by atoms with E-state index in [0.717, 1.165) is 12.8 Å². The van der Waals surface area contributed by atoms with Gasteiger partial charge in [0.25, 0.3) is 0 Å². The molecule has 2 N–H and O–H groups in total. The van der Waals surface area contributed by atoms with Crippen molar-refractivity contribution in [3.05, 3.63) is 24.3 Å². The molecule has 0 spiro atoms. The van der Waals surface area contributed by atoms with Crippen molar-refractivity contribution in [1.29, 1.82) is 0 Å². The van der Waals surface area contributed by atoms with E-state index in [1.807, 2.05) is 6.92 Å². The number of nitrogens with one attached hydrogen (secondary N) is 2. The summed E-state index contributed by atoms with van der Waals surface area (Å²) in [5, 5.41) is 2.78. The van der Waals surface area contributed by atoms with E-state index in [2.05, 4.69) is 10.0 Å². The second kappa shape index (κ2) is 6.13. The van der Waals surface area contributed by atoms with Crippen molar-refractivity contribution in [3.63, 3.8) is 0 Å². The maximum Gasteiger partial charge on any atom is 0.321 e. The number of urea groups is 1. The van der Waals surface area contributed by atoms with Crippen LogP contribution in [0.3, 0.4) is 0 Å². The first-order chi connectivity index (χ1) is 10.9. The molecule has 7 heteroatoms. The molecule has 2 aliphatic carbocycles. The zero-order chi connectivity index (χ0) is 16.6. The van der Waals surface area contributed by atoms with Gasteiger partial charge in [0.1, 0.15) is 0 Å². The summed E-state index contributed by atoms with van der Waals surface area (Å²) in [6.45, 7) is 2.04. The number of nitrogens with zero attached hydrogens (tertiary/aromatic N) is 1.